The minimum absolute atomic E-state index is 0.0120. The number of carbonyl (C=O) groups excluding carboxylic acids is 1. The molecule has 0 aliphatic heterocycles. The largest absolute Gasteiger partial charge is 0.352 e. The molecule has 0 aliphatic rings. The van der Waals surface area contributed by atoms with Crippen LogP contribution in [-0.2, 0) is 11.2 Å². The van der Waals surface area contributed by atoms with Crippen molar-refractivity contribution < 1.29 is 4.79 Å². The average Bonchev–Trinajstić information content (AvgIpc) is 2.97. The maximum absolute atomic E-state index is 11.7. The maximum Gasteiger partial charge on any atom is 0.224 e. The summed E-state index contributed by atoms with van der Waals surface area (Å²) in [7, 11) is 0. The second kappa shape index (κ2) is 6.26. The van der Waals surface area contributed by atoms with E-state index in [0.717, 1.165) is 28.0 Å². The highest BCUT2D eigenvalue weighted by atomic mass is 16.1. The molecule has 0 spiro atoms. The van der Waals surface area contributed by atoms with E-state index in [1.807, 2.05) is 48.5 Å². The van der Waals surface area contributed by atoms with Crippen molar-refractivity contribution in [3.63, 3.8) is 0 Å². The van der Waals surface area contributed by atoms with Crippen molar-refractivity contribution in [2.24, 2.45) is 0 Å². The van der Waals surface area contributed by atoms with Gasteiger partial charge in [-0.15, -0.1) is 6.58 Å². The zero-order valence-corrected chi connectivity index (χ0v) is 12.2. The first-order valence-corrected chi connectivity index (χ1v) is 7.18. The molecule has 0 unspecified atom stereocenters. The van der Waals surface area contributed by atoms with Gasteiger partial charge >= 0.3 is 0 Å². The molecule has 0 saturated heterocycles. The van der Waals surface area contributed by atoms with E-state index >= 15 is 0 Å². The molecule has 2 N–H and O–H groups in total. The van der Waals surface area contributed by atoms with Crippen molar-refractivity contribution in [1.82, 2.24) is 15.3 Å². The molecule has 0 bridgehead atoms. The number of hydrogen-bond donors (Lipinski definition) is 2. The van der Waals surface area contributed by atoms with Gasteiger partial charge in [0.15, 0.2) is 0 Å². The molecule has 1 amide bonds. The van der Waals surface area contributed by atoms with Crippen LogP contribution in [0.2, 0.25) is 0 Å². The van der Waals surface area contributed by atoms with Gasteiger partial charge in [-0.1, -0.05) is 42.5 Å². The van der Waals surface area contributed by atoms with Gasteiger partial charge in [-0.2, -0.15) is 0 Å². The second-order valence-corrected chi connectivity index (χ2v) is 5.07. The highest BCUT2D eigenvalue weighted by Gasteiger charge is 2.07. The molecule has 0 radical (unpaired) electrons. The molecule has 0 fully saturated rings. The predicted molar refractivity (Wildman–Crippen MR) is 88.4 cm³/mol. The normalized spacial score (nSPS) is 10.5. The van der Waals surface area contributed by atoms with Crippen LogP contribution in [-0.4, -0.2) is 22.4 Å². The molecule has 110 valence electrons. The summed E-state index contributed by atoms with van der Waals surface area (Å²) in [5.41, 5.74) is 3.84. The number of rotatable bonds is 5. The van der Waals surface area contributed by atoms with Gasteiger partial charge in [-0.25, -0.2) is 4.98 Å². The fourth-order valence-electron chi connectivity index (χ4n) is 2.33. The van der Waals surface area contributed by atoms with Crippen molar-refractivity contribution in [2.75, 3.05) is 6.54 Å². The summed E-state index contributed by atoms with van der Waals surface area (Å²) in [5.74, 6) is 0.825. The van der Waals surface area contributed by atoms with Crippen LogP contribution in [0.3, 0.4) is 0 Å². The SMILES string of the molecule is C=CCNC(=O)Cc1ccc2nc(-c3ccccc3)[nH]c2c1. The summed E-state index contributed by atoms with van der Waals surface area (Å²) in [6.45, 7) is 4.07. The predicted octanol–water partition coefficient (Wildman–Crippen LogP) is 3.07. The summed E-state index contributed by atoms with van der Waals surface area (Å²) in [6, 6.07) is 15.8. The van der Waals surface area contributed by atoms with Gasteiger partial charge in [0, 0.05) is 12.1 Å². The number of imidazole rings is 1. The molecule has 1 aromatic heterocycles. The molecule has 1 heterocycles. The Labute approximate surface area is 128 Å². The van der Waals surface area contributed by atoms with Crippen molar-refractivity contribution in [3.05, 3.63) is 66.7 Å². The lowest BCUT2D eigenvalue weighted by atomic mass is 10.1. The Morgan fingerprint density at radius 2 is 2.05 bits per heavy atom. The first kappa shape index (κ1) is 14.1. The lowest BCUT2D eigenvalue weighted by molar-refractivity contribution is -0.120. The van der Waals surface area contributed by atoms with Crippen LogP contribution in [0.4, 0.5) is 0 Å². The van der Waals surface area contributed by atoms with Crippen LogP contribution in [0.1, 0.15) is 5.56 Å². The number of aromatic nitrogens is 2. The number of fused-ring (bicyclic) bond motifs is 1. The first-order chi connectivity index (χ1) is 10.8. The monoisotopic (exact) mass is 291 g/mol. The number of benzene rings is 2. The van der Waals surface area contributed by atoms with Gasteiger partial charge in [0.1, 0.15) is 5.82 Å². The molecular formula is C18H17N3O. The third kappa shape index (κ3) is 3.06. The molecule has 0 atom stereocenters. The zero-order chi connectivity index (χ0) is 15.4. The number of nitrogens with zero attached hydrogens (tertiary/aromatic N) is 1. The number of nitrogens with one attached hydrogen (secondary N) is 2. The minimum atomic E-state index is -0.0120. The molecule has 0 saturated carbocycles. The van der Waals surface area contributed by atoms with E-state index in [1.165, 1.54) is 0 Å². The minimum Gasteiger partial charge on any atom is -0.352 e. The van der Waals surface area contributed by atoms with Crippen LogP contribution < -0.4 is 5.32 Å². The van der Waals surface area contributed by atoms with Crippen molar-refractivity contribution in [1.29, 1.82) is 0 Å². The third-order valence-corrected chi connectivity index (χ3v) is 3.40. The summed E-state index contributed by atoms with van der Waals surface area (Å²) in [4.78, 5) is 19.6. The first-order valence-electron chi connectivity index (χ1n) is 7.18. The van der Waals surface area contributed by atoms with E-state index in [-0.39, 0.29) is 5.91 Å². The summed E-state index contributed by atoms with van der Waals surface area (Å²) >= 11 is 0. The van der Waals surface area contributed by atoms with E-state index in [9.17, 15) is 4.79 Å². The van der Waals surface area contributed by atoms with Crippen molar-refractivity contribution in [3.8, 4) is 11.4 Å². The number of carbonyl (C=O) groups is 1. The standard InChI is InChI=1S/C18H17N3O/c1-2-10-19-17(22)12-13-8-9-15-16(11-13)21-18(20-15)14-6-4-3-5-7-14/h2-9,11H,1,10,12H2,(H,19,22)(H,20,21). The molecule has 2 aromatic carbocycles. The third-order valence-electron chi connectivity index (χ3n) is 3.40. The Balaban J connectivity index is 1.84. The maximum atomic E-state index is 11.7. The van der Waals surface area contributed by atoms with Crippen LogP contribution >= 0.6 is 0 Å². The average molecular weight is 291 g/mol. The second-order valence-electron chi connectivity index (χ2n) is 5.07. The van der Waals surface area contributed by atoms with Gasteiger partial charge in [-0.05, 0) is 17.7 Å². The number of aromatic amines is 1. The van der Waals surface area contributed by atoms with Gasteiger partial charge in [0.25, 0.3) is 0 Å². The van der Waals surface area contributed by atoms with E-state index in [1.54, 1.807) is 6.08 Å². The lowest BCUT2D eigenvalue weighted by Crippen LogP contribution is -2.24. The Morgan fingerprint density at radius 1 is 1.23 bits per heavy atom. The molecule has 4 heteroatoms. The summed E-state index contributed by atoms with van der Waals surface area (Å²) in [5, 5.41) is 2.78. The van der Waals surface area contributed by atoms with E-state index < -0.39 is 0 Å². The van der Waals surface area contributed by atoms with Crippen LogP contribution in [0.25, 0.3) is 22.4 Å². The highest BCUT2D eigenvalue weighted by Crippen LogP contribution is 2.21. The quantitative estimate of drug-likeness (QED) is 0.710. The topological polar surface area (TPSA) is 57.8 Å². The van der Waals surface area contributed by atoms with Crippen molar-refractivity contribution >= 4 is 16.9 Å². The van der Waals surface area contributed by atoms with Gasteiger partial charge in [-0.3, -0.25) is 4.79 Å². The van der Waals surface area contributed by atoms with E-state index in [2.05, 4.69) is 21.9 Å². The Bertz CT molecular complexity index is 806. The number of H-pyrrole nitrogens is 1. The van der Waals surface area contributed by atoms with Crippen molar-refractivity contribution in [2.45, 2.75) is 6.42 Å². The molecule has 3 rings (SSSR count). The molecule has 0 aliphatic carbocycles. The Morgan fingerprint density at radius 3 is 2.82 bits per heavy atom. The van der Waals surface area contributed by atoms with Gasteiger partial charge in [0.05, 0.1) is 17.5 Å². The fourth-order valence-corrected chi connectivity index (χ4v) is 2.33. The van der Waals surface area contributed by atoms with Crippen LogP contribution in [0.5, 0.6) is 0 Å². The summed E-state index contributed by atoms with van der Waals surface area (Å²) in [6.07, 6.45) is 2.02. The number of hydrogen-bond acceptors (Lipinski definition) is 2. The van der Waals surface area contributed by atoms with Crippen LogP contribution in [0.15, 0.2) is 61.2 Å². The summed E-state index contributed by atoms with van der Waals surface area (Å²) < 4.78 is 0. The number of amides is 1. The highest BCUT2D eigenvalue weighted by molar-refractivity contribution is 5.83. The molecule has 3 aromatic rings. The van der Waals surface area contributed by atoms with Crippen LogP contribution in [0, 0.1) is 0 Å². The molecular weight excluding hydrogens is 274 g/mol. The van der Waals surface area contributed by atoms with E-state index in [4.69, 9.17) is 0 Å². The Hall–Kier alpha value is -2.88. The molecule has 22 heavy (non-hydrogen) atoms. The Kier molecular flexibility index (Phi) is 4.01. The fraction of sp³-hybridized carbons (Fsp3) is 0.111. The van der Waals surface area contributed by atoms with Gasteiger partial charge in [0.2, 0.25) is 5.91 Å². The lowest BCUT2D eigenvalue weighted by Gasteiger charge is -2.02. The zero-order valence-electron chi connectivity index (χ0n) is 12.2. The van der Waals surface area contributed by atoms with Gasteiger partial charge < -0.3 is 10.3 Å². The smallest absolute Gasteiger partial charge is 0.224 e. The van der Waals surface area contributed by atoms with E-state index in [0.29, 0.717) is 13.0 Å². The molecule has 4 nitrogen and oxygen atoms in total.